The van der Waals surface area contributed by atoms with E-state index in [-0.39, 0.29) is 0 Å². The van der Waals surface area contributed by atoms with Crippen LogP contribution in [0.25, 0.3) is 0 Å². The van der Waals surface area contributed by atoms with Gasteiger partial charge in [-0.1, -0.05) is 0 Å². The molecule has 0 spiro atoms. The molecule has 3 heteroatoms. The number of thioether (sulfide) groups is 1. The first-order chi connectivity index (χ1) is 4.97. The Hall–Kier alpha value is 0.270. The van der Waals surface area contributed by atoms with Gasteiger partial charge in [0.25, 0.3) is 0 Å². The van der Waals surface area contributed by atoms with Crippen molar-refractivity contribution in [1.29, 1.82) is 0 Å². The van der Waals surface area contributed by atoms with Gasteiger partial charge in [-0.3, -0.25) is 0 Å². The molecule has 2 fully saturated rings. The monoisotopic (exact) mass is 160 g/mol. The van der Waals surface area contributed by atoms with E-state index in [1.165, 1.54) is 12.2 Å². The molecule has 2 rings (SSSR count). The summed E-state index contributed by atoms with van der Waals surface area (Å²) in [7, 11) is 0. The fourth-order valence-corrected chi connectivity index (χ4v) is 2.51. The summed E-state index contributed by atoms with van der Waals surface area (Å²) in [4.78, 5) is 0. The van der Waals surface area contributed by atoms with Gasteiger partial charge in [-0.15, -0.1) is 0 Å². The average molecular weight is 160 g/mol. The van der Waals surface area contributed by atoms with E-state index in [2.05, 4.69) is 0 Å². The van der Waals surface area contributed by atoms with Gasteiger partial charge in [-0.2, -0.15) is 11.8 Å². The van der Waals surface area contributed by atoms with Crippen molar-refractivity contribution in [3.8, 4) is 0 Å². The van der Waals surface area contributed by atoms with Crippen molar-refractivity contribution in [3.05, 3.63) is 0 Å². The normalized spacial score (nSPS) is 40.8. The van der Waals surface area contributed by atoms with Crippen molar-refractivity contribution in [2.24, 2.45) is 0 Å². The smallest absolute Gasteiger partial charge is 0.0948 e. The highest BCUT2D eigenvalue weighted by molar-refractivity contribution is 8.00. The summed E-state index contributed by atoms with van der Waals surface area (Å²) in [5, 5.41) is 0.627. The Morgan fingerprint density at radius 2 is 2.30 bits per heavy atom. The molecule has 0 saturated carbocycles. The average Bonchev–Trinajstić information content (AvgIpc) is 2.28. The van der Waals surface area contributed by atoms with Gasteiger partial charge < -0.3 is 9.47 Å². The number of ether oxygens (including phenoxy) is 2. The standard InChI is InChI=1S/C7H12O2S/c1-2-9-6-4-8-5-7(6)10-3-1/h6-7H,1-5H2. The van der Waals surface area contributed by atoms with Crippen molar-refractivity contribution in [3.63, 3.8) is 0 Å². The largest absolute Gasteiger partial charge is 0.377 e. The van der Waals surface area contributed by atoms with Crippen molar-refractivity contribution in [2.75, 3.05) is 25.6 Å². The molecule has 0 aromatic heterocycles. The summed E-state index contributed by atoms with van der Waals surface area (Å²) in [6.45, 7) is 2.64. The van der Waals surface area contributed by atoms with Crippen molar-refractivity contribution in [1.82, 2.24) is 0 Å². The fourth-order valence-electron chi connectivity index (χ4n) is 1.35. The van der Waals surface area contributed by atoms with Crippen LogP contribution in [0.3, 0.4) is 0 Å². The first-order valence-corrected chi connectivity index (χ1v) is 4.82. The van der Waals surface area contributed by atoms with Gasteiger partial charge in [0, 0.05) is 6.61 Å². The minimum absolute atomic E-state index is 0.396. The maximum absolute atomic E-state index is 5.58. The number of rotatable bonds is 0. The molecule has 0 aliphatic carbocycles. The van der Waals surface area contributed by atoms with E-state index >= 15 is 0 Å². The lowest BCUT2D eigenvalue weighted by atomic mass is 10.3. The maximum atomic E-state index is 5.58. The van der Waals surface area contributed by atoms with E-state index < -0.39 is 0 Å². The summed E-state index contributed by atoms with van der Waals surface area (Å²) in [5.41, 5.74) is 0. The third-order valence-corrected chi connectivity index (χ3v) is 3.32. The zero-order valence-electron chi connectivity index (χ0n) is 5.91. The molecule has 58 valence electrons. The molecular weight excluding hydrogens is 148 g/mol. The van der Waals surface area contributed by atoms with E-state index in [1.807, 2.05) is 11.8 Å². The van der Waals surface area contributed by atoms with Crippen LogP contribution in [-0.4, -0.2) is 36.9 Å². The summed E-state index contributed by atoms with van der Waals surface area (Å²) in [5.74, 6) is 1.24. The Morgan fingerprint density at radius 1 is 1.30 bits per heavy atom. The van der Waals surface area contributed by atoms with Crippen LogP contribution in [0, 0.1) is 0 Å². The van der Waals surface area contributed by atoms with Gasteiger partial charge in [0.05, 0.1) is 24.6 Å². The molecule has 2 unspecified atom stereocenters. The lowest BCUT2D eigenvalue weighted by Crippen LogP contribution is -2.22. The van der Waals surface area contributed by atoms with Crippen LogP contribution in [0.4, 0.5) is 0 Å². The van der Waals surface area contributed by atoms with E-state index in [0.29, 0.717) is 11.4 Å². The molecular formula is C7H12O2S. The molecule has 0 aromatic carbocycles. The zero-order valence-corrected chi connectivity index (χ0v) is 6.73. The topological polar surface area (TPSA) is 18.5 Å². The van der Waals surface area contributed by atoms with Gasteiger partial charge in [0.15, 0.2) is 0 Å². The van der Waals surface area contributed by atoms with Crippen LogP contribution in [0.1, 0.15) is 6.42 Å². The molecule has 0 radical (unpaired) electrons. The predicted octanol–water partition coefficient (Wildman–Crippen LogP) is 0.907. The molecule has 0 aromatic rings. The second kappa shape index (κ2) is 3.11. The van der Waals surface area contributed by atoms with E-state index in [9.17, 15) is 0 Å². The lowest BCUT2D eigenvalue weighted by Gasteiger charge is -2.11. The Balaban J connectivity index is 1.95. The third kappa shape index (κ3) is 1.31. The summed E-state index contributed by atoms with van der Waals surface area (Å²) < 4.78 is 10.9. The quantitative estimate of drug-likeness (QED) is 0.524. The summed E-state index contributed by atoms with van der Waals surface area (Å²) in [6, 6.07) is 0. The van der Waals surface area contributed by atoms with Crippen LogP contribution in [0.5, 0.6) is 0 Å². The number of hydrogen-bond acceptors (Lipinski definition) is 3. The van der Waals surface area contributed by atoms with Crippen LogP contribution in [-0.2, 0) is 9.47 Å². The summed E-state index contributed by atoms with van der Waals surface area (Å²) >= 11 is 2.00. The van der Waals surface area contributed by atoms with Crippen molar-refractivity contribution >= 4 is 11.8 Å². The lowest BCUT2D eigenvalue weighted by molar-refractivity contribution is 0.0472. The molecule has 2 atom stereocenters. The molecule has 0 amide bonds. The first kappa shape index (κ1) is 6.95. The Bertz CT molecular complexity index is 106. The molecule has 2 nitrogen and oxygen atoms in total. The maximum Gasteiger partial charge on any atom is 0.0948 e. The van der Waals surface area contributed by atoms with E-state index in [1.54, 1.807) is 0 Å². The SMILES string of the molecule is C1COC2COCC2SC1. The van der Waals surface area contributed by atoms with Gasteiger partial charge in [0.2, 0.25) is 0 Å². The molecule has 2 aliphatic rings. The first-order valence-electron chi connectivity index (χ1n) is 3.78. The highest BCUT2D eigenvalue weighted by Gasteiger charge is 2.30. The highest BCUT2D eigenvalue weighted by Crippen LogP contribution is 2.26. The molecule has 0 N–H and O–H groups in total. The number of hydrogen-bond donors (Lipinski definition) is 0. The fraction of sp³-hybridized carbons (Fsp3) is 1.00. The molecule has 0 bridgehead atoms. The van der Waals surface area contributed by atoms with E-state index in [4.69, 9.17) is 9.47 Å². The molecule has 2 saturated heterocycles. The molecule has 10 heavy (non-hydrogen) atoms. The third-order valence-electron chi connectivity index (χ3n) is 1.93. The molecule has 2 aliphatic heterocycles. The van der Waals surface area contributed by atoms with Gasteiger partial charge in [0.1, 0.15) is 0 Å². The minimum Gasteiger partial charge on any atom is -0.377 e. The van der Waals surface area contributed by atoms with E-state index in [0.717, 1.165) is 19.8 Å². The van der Waals surface area contributed by atoms with Gasteiger partial charge >= 0.3 is 0 Å². The second-order valence-corrected chi connectivity index (χ2v) is 4.06. The zero-order chi connectivity index (χ0) is 6.81. The highest BCUT2D eigenvalue weighted by atomic mass is 32.2. The predicted molar refractivity (Wildman–Crippen MR) is 41.4 cm³/mol. The molecule has 2 heterocycles. The van der Waals surface area contributed by atoms with Gasteiger partial charge in [-0.25, -0.2) is 0 Å². The Morgan fingerprint density at radius 3 is 3.30 bits per heavy atom. The van der Waals surface area contributed by atoms with Crippen molar-refractivity contribution < 1.29 is 9.47 Å². The van der Waals surface area contributed by atoms with Crippen LogP contribution in [0.2, 0.25) is 0 Å². The minimum atomic E-state index is 0.396. The van der Waals surface area contributed by atoms with Gasteiger partial charge in [-0.05, 0) is 12.2 Å². The van der Waals surface area contributed by atoms with Crippen LogP contribution in [0.15, 0.2) is 0 Å². The Labute approximate surface area is 65.3 Å². The Kier molecular flexibility index (Phi) is 2.16. The summed E-state index contributed by atoms with van der Waals surface area (Å²) in [6.07, 6.45) is 1.60. The second-order valence-electron chi connectivity index (χ2n) is 2.71. The van der Waals surface area contributed by atoms with Crippen LogP contribution >= 0.6 is 11.8 Å². The van der Waals surface area contributed by atoms with Crippen molar-refractivity contribution in [2.45, 2.75) is 17.8 Å². The number of fused-ring (bicyclic) bond motifs is 1. The van der Waals surface area contributed by atoms with Crippen LogP contribution < -0.4 is 0 Å².